The molecule has 0 aromatic heterocycles. The highest BCUT2D eigenvalue weighted by molar-refractivity contribution is 5.76. The maximum atomic E-state index is 6.93. The number of nitrogens with two attached hydrogens (primary N) is 2. The molecular formula is C25H25N3O. The summed E-state index contributed by atoms with van der Waals surface area (Å²) in [5, 5.41) is 3.41. The van der Waals surface area contributed by atoms with Crippen LogP contribution in [-0.2, 0) is 0 Å². The topological polar surface area (TPSA) is 73.3 Å². The lowest BCUT2D eigenvalue weighted by Gasteiger charge is -2.41. The van der Waals surface area contributed by atoms with Gasteiger partial charge in [-0.05, 0) is 40.5 Å². The molecule has 29 heavy (non-hydrogen) atoms. The molecule has 4 heteroatoms. The largest absolute Gasteiger partial charge is 0.497 e. The van der Waals surface area contributed by atoms with Crippen LogP contribution in [0.5, 0.6) is 5.75 Å². The second-order valence-corrected chi connectivity index (χ2v) is 7.20. The van der Waals surface area contributed by atoms with Gasteiger partial charge in [-0.1, -0.05) is 72.8 Å². The molecule has 1 aliphatic rings. The summed E-state index contributed by atoms with van der Waals surface area (Å²) in [6.07, 6.45) is 3.90. The van der Waals surface area contributed by atoms with Crippen LogP contribution in [0, 0.1) is 0 Å². The summed E-state index contributed by atoms with van der Waals surface area (Å²) in [5.41, 5.74) is 17.4. The van der Waals surface area contributed by atoms with Crippen molar-refractivity contribution in [1.82, 2.24) is 5.32 Å². The molecule has 4 nitrogen and oxygen atoms in total. The van der Waals surface area contributed by atoms with Crippen molar-refractivity contribution < 1.29 is 4.74 Å². The summed E-state index contributed by atoms with van der Waals surface area (Å²) in [5.74, 6) is 0.672. The van der Waals surface area contributed by atoms with Gasteiger partial charge in [-0.25, -0.2) is 0 Å². The maximum Gasteiger partial charge on any atom is 0.137 e. The second kappa shape index (κ2) is 7.86. The number of nitrogens with one attached hydrogen (secondary N) is 1. The summed E-state index contributed by atoms with van der Waals surface area (Å²) in [6.45, 7) is 0. The molecule has 0 spiro atoms. The van der Waals surface area contributed by atoms with Crippen LogP contribution >= 0.6 is 0 Å². The number of hydrogen-bond acceptors (Lipinski definition) is 4. The molecule has 1 unspecified atom stereocenters. The highest BCUT2D eigenvalue weighted by Crippen LogP contribution is 2.37. The van der Waals surface area contributed by atoms with Gasteiger partial charge in [0.1, 0.15) is 11.4 Å². The van der Waals surface area contributed by atoms with Crippen LogP contribution in [0.15, 0.2) is 103 Å². The standard InChI is InChI=1S/C25H25N3O/c1-29-22-14-12-18(13-15-22)21-16-23(26)25(27,28-17-21)24(19-8-4-2-5-9-19)20-10-6-3-7-11-20/h2-17,24,28H,26-27H2,1H3. The van der Waals surface area contributed by atoms with Gasteiger partial charge in [0, 0.05) is 6.20 Å². The first-order valence-corrected chi connectivity index (χ1v) is 9.60. The van der Waals surface area contributed by atoms with Gasteiger partial charge in [0.05, 0.1) is 18.7 Å². The fraction of sp³-hybridized carbons (Fsp3) is 0.120. The van der Waals surface area contributed by atoms with Crippen LogP contribution in [0.4, 0.5) is 0 Å². The van der Waals surface area contributed by atoms with E-state index < -0.39 is 5.66 Å². The molecule has 1 heterocycles. The van der Waals surface area contributed by atoms with E-state index in [0.717, 1.165) is 28.0 Å². The van der Waals surface area contributed by atoms with E-state index >= 15 is 0 Å². The van der Waals surface area contributed by atoms with E-state index in [0.29, 0.717) is 5.70 Å². The highest BCUT2D eigenvalue weighted by Gasteiger charge is 2.40. The third-order valence-electron chi connectivity index (χ3n) is 5.40. The smallest absolute Gasteiger partial charge is 0.137 e. The molecule has 0 aliphatic carbocycles. The predicted octanol–water partition coefficient (Wildman–Crippen LogP) is 3.97. The summed E-state index contributed by atoms with van der Waals surface area (Å²) in [7, 11) is 1.66. The fourth-order valence-corrected chi connectivity index (χ4v) is 3.82. The number of allylic oxidation sites excluding steroid dienone is 2. The Balaban J connectivity index is 1.72. The molecule has 0 saturated carbocycles. The second-order valence-electron chi connectivity index (χ2n) is 7.20. The molecule has 1 atom stereocenters. The predicted molar refractivity (Wildman–Crippen MR) is 118 cm³/mol. The number of hydrogen-bond donors (Lipinski definition) is 3. The minimum atomic E-state index is -0.946. The maximum absolute atomic E-state index is 6.93. The zero-order valence-electron chi connectivity index (χ0n) is 16.4. The van der Waals surface area contributed by atoms with Crippen molar-refractivity contribution in [2.75, 3.05) is 7.11 Å². The van der Waals surface area contributed by atoms with E-state index in [-0.39, 0.29) is 5.92 Å². The monoisotopic (exact) mass is 383 g/mol. The van der Waals surface area contributed by atoms with Gasteiger partial charge < -0.3 is 21.5 Å². The first-order chi connectivity index (χ1) is 14.1. The quantitative estimate of drug-likeness (QED) is 0.623. The molecule has 146 valence electrons. The van der Waals surface area contributed by atoms with Crippen molar-refractivity contribution in [3.05, 3.63) is 120 Å². The zero-order chi connectivity index (χ0) is 20.3. The Hall–Kier alpha value is -3.50. The fourth-order valence-electron chi connectivity index (χ4n) is 3.82. The first-order valence-electron chi connectivity index (χ1n) is 9.60. The van der Waals surface area contributed by atoms with Gasteiger partial charge >= 0.3 is 0 Å². The summed E-state index contributed by atoms with van der Waals surface area (Å²) >= 11 is 0. The van der Waals surface area contributed by atoms with Crippen molar-refractivity contribution in [3.8, 4) is 5.75 Å². The van der Waals surface area contributed by atoms with E-state index in [2.05, 4.69) is 29.6 Å². The molecule has 3 aromatic carbocycles. The van der Waals surface area contributed by atoms with E-state index in [1.807, 2.05) is 72.9 Å². The Bertz CT molecular complexity index is 987. The minimum Gasteiger partial charge on any atom is -0.497 e. The van der Waals surface area contributed by atoms with E-state index in [1.54, 1.807) is 7.11 Å². The average Bonchev–Trinajstić information content (AvgIpc) is 2.77. The Morgan fingerprint density at radius 2 is 1.38 bits per heavy atom. The molecule has 0 radical (unpaired) electrons. The lowest BCUT2D eigenvalue weighted by molar-refractivity contribution is 0.388. The minimum absolute atomic E-state index is 0.144. The van der Waals surface area contributed by atoms with Crippen LogP contribution < -0.4 is 21.5 Å². The van der Waals surface area contributed by atoms with Crippen molar-refractivity contribution in [2.45, 2.75) is 11.6 Å². The van der Waals surface area contributed by atoms with Gasteiger partial charge in [0.15, 0.2) is 0 Å². The summed E-state index contributed by atoms with van der Waals surface area (Å²) in [4.78, 5) is 0. The van der Waals surface area contributed by atoms with E-state index in [9.17, 15) is 0 Å². The Labute approximate surface area is 171 Å². The summed E-state index contributed by atoms with van der Waals surface area (Å²) < 4.78 is 5.24. The highest BCUT2D eigenvalue weighted by atomic mass is 16.5. The Morgan fingerprint density at radius 3 is 1.86 bits per heavy atom. The van der Waals surface area contributed by atoms with E-state index in [1.165, 1.54) is 0 Å². The number of benzene rings is 3. The molecular weight excluding hydrogens is 358 g/mol. The molecule has 0 bridgehead atoms. The Kier molecular flexibility index (Phi) is 5.10. The van der Waals surface area contributed by atoms with Crippen LogP contribution in [0.3, 0.4) is 0 Å². The first kappa shape index (κ1) is 18.8. The van der Waals surface area contributed by atoms with Gasteiger partial charge in [-0.3, -0.25) is 0 Å². The molecule has 1 aliphatic heterocycles. The van der Waals surface area contributed by atoms with Crippen molar-refractivity contribution >= 4 is 5.57 Å². The van der Waals surface area contributed by atoms with Crippen LogP contribution in [-0.4, -0.2) is 12.8 Å². The van der Waals surface area contributed by atoms with Gasteiger partial charge in [-0.15, -0.1) is 0 Å². The molecule has 5 N–H and O–H groups in total. The molecule has 0 amide bonds. The third-order valence-corrected chi connectivity index (χ3v) is 5.40. The number of rotatable bonds is 5. The lowest BCUT2D eigenvalue weighted by Crippen LogP contribution is -2.60. The third kappa shape index (κ3) is 3.62. The average molecular weight is 383 g/mol. The van der Waals surface area contributed by atoms with E-state index in [4.69, 9.17) is 16.2 Å². The van der Waals surface area contributed by atoms with Crippen LogP contribution in [0.2, 0.25) is 0 Å². The van der Waals surface area contributed by atoms with Gasteiger partial charge in [-0.2, -0.15) is 0 Å². The molecule has 0 fully saturated rings. The van der Waals surface area contributed by atoms with Crippen molar-refractivity contribution in [2.24, 2.45) is 11.5 Å². The van der Waals surface area contributed by atoms with Gasteiger partial charge in [0.25, 0.3) is 0 Å². The van der Waals surface area contributed by atoms with Crippen molar-refractivity contribution in [1.29, 1.82) is 0 Å². The molecule has 0 saturated heterocycles. The number of ether oxygens (including phenoxy) is 1. The molecule has 4 rings (SSSR count). The number of dihydropyridines is 1. The lowest BCUT2D eigenvalue weighted by atomic mass is 9.77. The summed E-state index contributed by atoms with van der Waals surface area (Å²) in [6, 6.07) is 28.3. The normalized spacial score (nSPS) is 18.6. The number of methoxy groups -OCH3 is 1. The Morgan fingerprint density at radius 1 is 0.828 bits per heavy atom. The zero-order valence-corrected chi connectivity index (χ0v) is 16.4. The molecule has 3 aromatic rings. The SMILES string of the molecule is COc1ccc(C2=CNC(N)(C(c3ccccc3)c3ccccc3)C(N)=C2)cc1. The van der Waals surface area contributed by atoms with Gasteiger partial charge in [0.2, 0.25) is 0 Å². The van der Waals surface area contributed by atoms with Crippen molar-refractivity contribution in [3.63, 3.8) is 0 Å². The van der Waals surface area contributed by atoms with Crippen LogP contribution in [0.25, 0.3) is 5.57 Å². The van der Waals surface area contributed by atoms with Crippen LogP contribution in [0.1, 0.15) is 22.6 Å².